The number of carbonyl (C=O) groups excluding carboxylic acids is 2. The Morgan fingerprint density at radius 3 is 2.55 bits per heavy atom. The second-order valence-corrected chi connectivity index (χ2v) is 7.60. The van der Waals surface area contributed by atoms with Crippen molar-refractivity contribution in [3.05, 3.63) is 0 Å². The van der Waals surface area contributed by atoms with Crippen molar-refractivity contribution in [1.29, 1.82) is 0 Å². The molecule has 2 saturated heterocycles. The van der Waals surface area contributed by atoms with E-state index in [1.165, 1.54) is 25.0 Å². The van der Waals surface area contributed by atoms with Crippen LogP contribution < -0.4 is 5.32 Å². The smallest absolute Gasteiger partial charge is 0.247 e. The van der Waals surface area contributed by atoms with Gasteiger partial charge in [0.15, 0.2) is 0 Å². The highest BCUT2D eigenvalue weighted by Crippen LogP contribution is 2.29. The van der Waals surface area contributed by atoms with Crippen molar-refractivity contribution in [2.45, 2.75) is 68.7 Å². The van der Waals surface area contributed by atoms with Crippen molar-refractivity contribution in [2.24, 2.45) is 0 Å². The van der Waals surface area contributed by atoms with Crippen molar-refractivity contribution in [3.63, 3.8) is 0 Å². The number of amides is 2. The molecule has 3 fully saturated rings. The van der Waals surface area contributed by atoms with E-state index in [9.17, 15) is 9.59 Å². The van der Waals surface area contributed by atoms with E-state index in [0.29, 0.717) is 11.7 Å². The van der Waals surface area contributed by atoms with Crippen molar-refractivity contribution in [3.8, 4) is 0 Å². The molecule has 112 valence electrons. The summed E-state index contributed by atoms with van der Waals surface area (Å²) >= 11 is 2.00. The first-order valence-electron chi connectivity index (χ1n) is 7.96. The number of thioether (sulfide) groups is 1. The third-order valence-electron chi connectivity index (χ3n) is 4.74. The first kappa shape index (κ1) is 14.4. The summed E-state index contributed by atoms with van der Waals surface area (Å²) in [6.07, 6.45) is 8.52. The Labute approximate surface area is 125 Å². The molecule has 2 atom stereocenters. The predicted molar refractivity (Wildman–Crippen MR) is 80.6 cm³/mol. The number of rotatable bonds is 4. The van der Waals surface area contributed by atoms with Crippen LogP contribution in [0, 0.1) is 0 Å². The lowest BCUT2D eigenvalue weighted by Crippen LogP contribution is -2.44. The number of nitrogens with one attached hydrogen (secondary N) is 1. The molecule has 2 unspecified atom stereocenters. The highest BCUT2D eigenvalue weighted by atomic mass is 32.2. The predicted octanol–water partition coefficient (Wildman–Crippen LogP) is 1.93. The zero-order valence-electron chi connectivity index (χ0n) is 12.0. The standard InChI is InChI=1S/C15H24N2O2S/c18-14-9-13(16-10-12-7-3-4-8-20-12)15(19)17(14)11-5-1-2-6-11/h11-13,16H,1-10H2. The molecular weight excluding hydrogens is 272 g/mol. The molecule has 0 spiro atoms. The van der Waals surface area contributed by atoms with Crippen molar-refractivity contribution in [1.82, 2.24) is 10.2 Å². The maximum absolute atomic E-state index is 12.4. The lowest BCUT2D eigenvalue weighted by molar-refractivity contribution is -0.141. The topological polar surface area (TPSA) is 49.4 Å². The molecule has 20 heavy (non-hydrogen) atoms. The quantitative estimate of drug-likeness (QED) is 0.805. The average Bonchev–Trinajstić information content (AvgIpc) is 3.06. The maximum atomic E-state index is 12.4. The minimum absolute atomic E-state index is 0.0303. The largest absolute Gasteiger partial charge is 0.304 e. The molecular formula is C15H24N2O2S. The molecule has 0 aromatic carbocycles. The van der Waals surface area contributed by atoms with E-state index < -0.39 is 0 Å². The lowest BCUT2D eigenvalue weighted by Gasteiger charge is -2.24. The Morgan fingerprint density at radius 2 is 1.85 bits per heavy atom. The second kappa shape index (κ2) is 6.48. The normalized spacial score (nSPS) is 32.3. The fourth-order valence-corrected chi connectivity index (χ4v) is 4.85. The molecule has 2 heterocycles. The molecule has 5 heteroatoms. The zero-order valence-corrected chi connectivity index (χ0v) is 12.8. The van der Waals surface area contributed by atoms with Gasteiger partial charge in [-0.3, -0.25) is 14.5 Å². The molecule has 4 nitrogen and oxygen atoms in total. The molecule has 3 aliphatic rings. The van der Waals surface area contributed by atoms with Crippen LogP contribution in [-0.4, -0.2) is 46.3 Å². The van der Waals surface area contributed by atoms with Crippen LogP contribution >= 0.6 is 11.8 Å². The summed E-state index contributed by atoms with van der Waals surface area (Å²) in [5.74, 6) is 1.30. The van der Waals surface area contributed by atoms with Crippen LogP contribution in [0.5, 0.6) is 0 Å². The first-order chi connectivity index (χ1) is 9.75. The van der Waals surface area contributed by atoms with Crippen LogP contribution in [-0.2, 0) is 9.59 Å². The maximum Gasteiger partial charge on any atom is 0.247 e. The minimum atomic E-state index is -0.259. The molecule has 1 N–H and O–H groups in total. The number of hydrogen-bond donors (Lipinski definition) is 1. The van der Waals surface area contributed by atoms with Gasteiger partial charge in [0, 0.05) is 17.8 Å². The van der Waals surface area contributed by atoms with Gasteiger partial charge in [0.2, 0.25) is 11.8 Å². The van der Waals surface area contributed by atoms with Gasteiger partial charge in [0.25, 0.3) is 0 Å². The summed E-state index contributed by atoms with van der Waals surface area (Å²) in [5.41, 5.74) is 0. The van der Waals surface area contributed by atoms with Gasteiger partial charge in [-0.2, -0.15) is 11.8 Å². The Bertz CT molecular complexity index is 376. The van der Waals surface area contributed by atoms with Gasteiger partial charge >= 0.3 is 0 Å². The number of imide groups is 1. The molecule has 0 radical (unpaired) electrons. The highest BCUT2D eigenvalue weighted by Gasteiger charge is 2.42. The van der Waals surface area contributed by atoms with Crippen LogP contribution in [0.1, 0.15) is 51.4 Å². The van der Waals surface area contributed by atoms with Crippen molar-refractivity contribution in [2.75, 3.05) is 12.3 Å². The number of hydrogen-bond acceptors (Lipinski definition) is 4. The molecule has 1 saturated carbocycles. The van der Waals surface area contributed by atoms with E-state index in [1.807, 2.05) is 11.8 Å². The van der Waals surface area contributed by atoms with Crippen LogP contribution in [0.15, 0.2) is 0 Å². The summed E-state index contributed by atoms with van der Waals surface area (Å²) < 4.78 is 0. The van der Waals surface area contributed by atoms with Crippen LogP contribution in [0.2, 0.25) is 0 Å². The summed E-state index contributed by atoms with van der Waals surface area (Å²) in [7, 11) is 0. The highest BCUT2D eigenvalue weighted by molar-refractivity contribution is 7.99. The second-order valence-electron chi connectivity index (χ2n) is 6.19. The Kier molecular flexibility index (Phi) is 4.66. The summed E-state index contributed by atoms with van der Waals surface area (Å²) in [6.45, 7) is 0.868. The lowest BCUT2D eigenvalue weighted by atomic mass is 10.1. The van der Waals surface area contributed by atoms with Crippen LogP contribution in [0.4, 0.5) is 0 Å². The van der Waals surface area contributed by atoms with Crippen LogP contribution in [0.3, 0.4) is 0 Å². The summed E-state index contributed by atoms with van der Waals surface area (Å²) in [6, 6.07) is -0.0727. The SMILES string of the molecule is O=C1CC(NCC2CCCCS2)C(=O)N1C1CCCC1. The Hall–Kier alpha value is -0.550. The molecule has 2 aliphatic heterocycles. The Morgan fingerprint density at radius 1 is 1.10 bits per heavy atom. The van der Waals surface area contributed by atoms with E-state index in [0.717, 1.165) is 32.2 Å². The summed E-state index contributed by atoms with van der Waals surface area (Å²) in [4.78, 5) is 26.1. The van der Waals surface area contributed by atoms with Gasteiger partial charge < -0.3 is 5.32 Å². The van der Waals surface area contributed by atoms with Gasteiger partial charge in [-0.05, 0) is 31.4 Å². The van der Waals surface area contributed by atoms with Gasteiger partial charge in [0.05, 0.1) is 12.5 Å². The number of carbonyl (C=O) groups is 2. The van der Waals surface area contributed by atoms with Gasteiger partial charge in [0.1, 0.15) is 0 Å². The van der Waals surface area contributed by atoms with Crippen molar-refractivity contribution < 1.29 is 9.59 Å². The fraction of sp³-hybridized carbons (Fsp3) is 0.867. The zero-order chi connectivity index (χ0) is 13.9. The number of likely N-dealkylation sites (tertiary alicyclic amines) is 1. The molecule has 3 rings (SSSR count). The third-order valence-corrected chi connectivity index (χ3v) is 6.14. The first-order valence-corrected chi connectivity index (χ1v) is 9.01. The van der Waals surface area contributed by atoms with E-state index in [4.69, 9.17) is 0 Å². The molecule has 2 amide bonds. The van der Waals surface area contributed by atoms with Gasteiger partial charge in [-0.1, -0.05) is 19.3 Å². The monoisotopic (exact) mass is 296 g/mol. The third kappa shape index (κ3) is 3.03. The van der Waals surface area contributed by atoms with Gasteiger partial charge in [-0.25, -0.2) is 0 Å². The van der Waals surface area contributed by atoms with Crippen LogP contribution in [0.25, 0.3) is 0 Å². The minimum Gasteiger partial charge on any atom is -0.304 e. The van der Waals surface area contributed by atoms with E-state index >= 15 is 0 Å². The van der Waals surface area contributed by atoms with E-state index in [-0.39, 0.29) is 23.9 Å². The molecule has 0 bridgehead atoms. The summed E-state index contributed by atoms with van der Waals surface area (Å²) in [5, 5.41) is 3.97. The number of nitrogens with zero attached hydrogens (tertiary/aromatic N) is 1. The average molecular weight is 296 g/mol. The Balaban J connectivity index is 1.52. The molecule has 1 aliphatic carbocycles. The molecule has 0 aromatic heterocycles. The van der Waals surface area contributed by atoms with E-state index in [2.05, 4.69) is 5.32 Å². The van der Waals surface area contributed by atoms with Gasteiger partial charge in [-0.15, -0.1) is 0 Å². The van der Waals surface area contributed by atoms with E-state index in [1.54, 1.807) is 4.90 Å². The fourth-order valence-electron chi connectivity index (χ4n) is 3.60. The molecule has 0 aromatic rings. The van der Waals surface area contributed by atoms with Crippen molar-refractivity contribution >= 4 is 23.6 Å².